The van der Waals surface area contributed by atoms with Gasteiger partial charge in [-0.1, -0.05) is 23.9 Å². The molecule has 0 fully saturated rings. The van der Waals surface area contributed by atoms with Gasteiger partial charge in [-0.2, -0.15) is 11.8 Å². The van der Waals surface area contributed by atoms with Crippen LogP contribution in [0.5, 0.6) is 0 Å². The largest absolute Gasteiger partial charge is 0.481 e. The first-order valence-electron chi connectivity index (χ1n) is 6.28. The second kappa shape index (κ2) is 6.10. The standard InChI is InChI=1S/C14H18N2O2S2/c1-14(2,19-3)9-16-11-7-5-4-6-10(11)15-13(16)20-8-12(17)18/h4-7H,8-9H2,1-3H3,(H,17,18). The van der Waals surface area contributed by atoms with Gasteiger partial charge in [0.05, 0.1) is 16.8 Å². The van der Waals surface area contributed by atoms with Gasteiger partial charge in [0, 0.05) is 11.3 Å². The molecule has 0 bridgehead atoms. The Hall–Kier alpha value is -1.14. The summed E-state index contributed by atoms with van der Waals surface area (Å²) in [5, 5.41) is 9.63. The Morgan fingerprint density at radius 2 is 2.10 bits per heavy atom. The SMILES string of the molecule is CSC(C)(C)Cn1c(SCC(=O)O)nc2ccccc21. The molecule has 1 heterocycles. The molecule has 1 N–H and O–H groups in total. The highest BCUT2D eigenvalue weighted by molar-refractivity contribution is 8.00. The smallest absolute Gasteiger partial charge is 0.313 e. The molecule has 0 aliphatic heterocycles. The van der Waals surface area contributed by atoms with Gasteiger partial charge in [-0.05, 0) is 32.2 Å². The number of rotatable bonds is 6. The Morgan fingerprint density at radius 3 is 2.75 bits per heavy atom. The van der Waals surface area contributed by atoms with Crippen LogP contribution in [-0.2, 0) is 11.3 Å². The summed E-state index contributed by atoms with van der Waals surface area (Å²) in [5.74, 6) is -0.791. The van der Waals surface area contributed by atoms with Crippen molar-refractivity contribution in [3.63, 3.8) is 0 Å². The van der Waals surface area contributed by atoms with Gasteiger partial charge in [0.2, 0.25) is 0 Å². The second-order valence-corrected chi connectivity index (χ2v) is 7.57. The fourth-order valence-electron chi connectivity index (χ4n) is 1.89. The van der Waals surface area contributed by atoms with Crippen LogP contribution in [0.15, 0.2) is 29.4 Å². The lowest BCUT2D eigenvalue weighted by molar-refractivity contribution is -0.133. The Morgan fingerprint density at radius 1 is 1.40 bits per heavy atom. The van der Waals surface area contributed by atoms with Crippen molar-refractivity contribution in [1.82, 2.24) is 9.55 Å². The normalized spacial score (nSPS) is 11.9. The molecule has 0 amide bonds. The predicted octanol–water partition coefficient (Wildman–Crippen LogP) is 3.35. The quantitative estimate of drug-likeness (QED) is 0.829. The van der Waals surface area contributed by atoms with Gasteiger partial charge in [-0.3, -0.25) is 4.79 Å². The lowest BCUT2D eigenvalue weighted by Gasteiger charge is -2.23. The number of carboxylic acids is 1. The van der Waals surface area contributed by atoms with Gasteiger partial charge in [-0.15, -0.1) is 0 Å². The van der Waals surface area contributed by atoms with Gasteiger partial charge in [0.1, 0.15) is 0 Å². The molecule has 1 aromatic heterocycles. The lowest BCUT2D eigenvalue weighted by atomic mass is 10.2. The average molecular weight is 310 g/mol. The van der Waals surface area contributed by atoms with Crippen LogP contribution in [0.1, 0.15) is 13.8 Å². The highest BCUT2D eigenvalue weighted by Crippen LogP contribution is 2.30. The number of fused-ring (bicyclic) bond motifs is 1. The third-order valence-electron chi connectivity index (χ3n) is 3.04. The monoisotopic (exact) mass is 310 g/mol. The zero-order valence-corrected chi connectivity index (χ0v) is 13.4. The summed E-state index contributed by atoms with van der Waals surface area (Å²) < 4.78 is 2.20. The van der Waals surface area contributed by atoms with Crippen LogP contribution in [0, 0.1) is 0 Å². The number of aromatic nitrogens is 2. The zero-order chi connectivity index (χ0) is 14.8. The third kappa shape index (κ3) is 3.49. The summed E-state index contributed by atoms with van der Waals surface area (Å²) in [6.45, 7) is 5.16. The molecule has 108 valence electrons. The summed E-state index contributed by atoms with van der Waals surface area (Å²) in [7, 11) is 0. The van der Waals surface area contributed by atoms with Crippen LogP contribution in [-0.4, -0.2) is 37.4 Å². The minimum atomic E-state index is -0.822. The molecular weight excluding hydrogens is 292 g/mol. The summed E-state index contributed by atoms with van der Waals surface area (Å²) in [5.41, 5.74) is 1.97. The molecule has 0 spiro atoms. The van der Waals surface area contributed by atoms with Gasteiger partial charge >= 0.3 is 5.97 Å². The van der Waals surface area contributed by atoms with E-state index in [-0.39, 0.29) is 10.5 Å². The van der Waals surface area contributed by atoms with Crippen molar-refractivity contribution >= 4 is 40.5 Å². The summed E-state index contributed by atoms with van der Waals surface area (Å²) in [6.07, 6.45) is 2.09. The highest BCUT2D eigenvalue weighted by atomic mass is 32.2. The maximum Gasteiger partial charge on any atom is 0.313 e. The highest BCUT2D eigenvalue weighted by Gasteiger charge is 2.21. The van der Waals surface area contributed by atoms with E-state index in [0.717, 1.165) is 22.7 Å². The van der Waals surface area contributed by atoms with Crippen LogP contribution in [0.4, 0.5) is 0 Å². The number of nitrogens with zero attached hydrogens (tertiary/aromatic N) is 2. The second-order valence-electron chi connectivity index (χ2n) is 5.12. The lowest BCUT2D eigenvalue weighted by Crippen LogP contribution is -2.23. The molecule has 0 unspecified atom stereocenters. The molecule has 1 aromatic carbocycles. The maximum atomic E-state index is 10.8. The number of aliphatic carboxylic acids is 1. The van der Waals surface area contributed by atoms with Crippen LogP contribution in [0.25, 0.3) is 11.0 Å². The molecule has 20 heavy (non-hydrogen) atoms. The Labute approximate surface area is 127 Å². The number of hydrogen-bond acceptors (Lipinski definition) is 4. The Balaban J connectivity index is 2.41. The minimum absolute atomic E-state index is 0.0308. The van der Waals surface area contributed by atoms with E-state index in [9.17, 15) is 4.79 Å². The van der Waals surface area contributed by atoms with Crippen molar-refractivity contribution in [3.05, 3.63) is 24.3 Å². The first-order valence-corrected chi connectivity index (χ1v) is 8.49. The number of thioether (sulfide) groups is 2. The first-order chi connectivity index (χ1) is 9.43. The maximum absolute atomic E-state index is 10.8. The molecule has 0 atom stereocenters. The van der Waals surface area contributed by atoms with Gasteiger partial charge in [-0.25, -0.2) is 4.98 Å². The van der Waals surface area contributed by atoms with E-state index in [1.54, 1.807) is 11.8 Å². The molecule has 6 heteroatoms. The number of carboxylic acid groups (broad SMARTS) is 1. The van der Waals surface area contributed by atoms with Gasteiger partial charge < -0.3 is 9.67 Å². The molecule has 0 aliphatic carbocycles. The summed E-state index contributed by atoms with van der Waals surface area (Å²) in [4.78, 5) is 15.3. The first kappa shape index (κ1) is 15.3. The minimum Gasteiger partial charge on any atom is -0.481 e. The van der Waals surface area contributed by atoms with Gasteiger partial charge in [0.25, 0.3) is 0 Å². The number of carbonyl (C=O) groups is 1. The summed E-state index contributed by atoms with van der Waals surface area (Å²) in [6, 6.07) is 7.93. The number of imidazole rings is 1. The molecular formula is C14H18N2O2S2. The molecule has 4 nitrogen and oxygen atoms in total. The molecule has 0 saturated carbocycles. The van der Waals surface area contributed by atoms with E-state index < -0.39 is 5.97 Å². The molecule has 0 saturated heterocycles. The van der Waals surface area contributed by atoms with E-state index in [0.29, 0.717) is 0 Å². The van der Waals surface area contributed by atoms with E-state index in [1.165, 1.54) is 11.8 Å². The molecule has 0 radical (unpaired) electrons. The van der Waals surface area contributed by atoms with Crippen LogP contribution >= 0.6 is 23.5 Å². The Kier molecular flexibility index (Phi) is 4.65. The van der Waals surface area contributed by atoms with Crippen molar-refractivity contribution in [2.45, 2.75) is 30.3 Å². The van der Waals surface area contributed by atoms with Crippen LogP contribution < -0.4 is 0 Å². The van der Waals surface area contributed by atoms with Crippen molar-refractivity contribution in [2.24, 2.45) is 0 Å². The molecule has 0 aliphatic rings. The van der Waals surface area contributed by atoms with E-state index >= 15 is 0 Å². The average Bonchev–Trinajstić information content (AvgIpc) is 2.74. The molecule has 2 rings (SSSR count). The zero-order valence-electron chi connectivity index (χ0n) is 11.8. The van der Waals surface area contributed by atoms with Crippen LogP contribution in [0.3, 0.4) is 0 Å². The van der Waals surface area contributed by atoms with Crippen molar-refractivity contribution in [3.8, 4) is 0 Å². The van der Waals surface area contributed by atoms with Crippen molar-refractivity contribution < 1.29 is 9.90 Å². The fourth-order valence-corrected chi connectivity index (χ4v) is 2.88. The predicted molar refractivity (Wildman–Crippen MR) is 85.7 cm³/mol. The van der Waals surface area contributed by atoms with E-state index in [2.05, 4.69) is 29.7 Å². The summed E-state index contributed by atoms with van der Waals surface area (Å²) >= 11 is 3.07. The van der Waals surface area contributed by atoms with Crippen molar-refractivity contribution in [1.29, 1.82) is 0 Å². The topological polar surface area (TPSA) is 55.1 Å². The Bertz CT molecular complexity index is 623. The third-order valence-corrected chi connectivity index (χ3v) is 5.23. The van der Waals surface area contributed by atoms with Gasteiger partial charge in [0.15, 0.2) is 5.16 Å². The fraction of sp³-hybridized carbons (Fsp3) is 0.429. The van der Waals surface area contributed by atoms with E-state index in [1.807, 2.05) is 24.3 Å². The van der Waals surface area contributed by atoms with E-state index in [4.69, 9.17) is 5.11 Å². The number of benzene rings is 1. The van der Waals surface area contributed by atoms with Crippen LogP contribution in [0.2, 0.25) is 0 Å². The number of hydrogen-bond donors (Lipinski definition) is 1. The molecule has 2 aromatic rings. The number of para-hydroxylation sites is 2. The van der Waals surface area contributed by atoms with Crippen molar-refractivity contribution in [2.75, 3.05) is 12.0 Å².